The van der Waals surface area contributed by atoms with Crippen molar-refractivity contribution in [1.82, 2.24) is 24.8 Å². The molecule has 10 aromatic rings. The Morgan fingerprint density at radius 2 is 0.949 bits per heavy atom. The van der Waals surface area contributed by atoms with Gasteiger partial charge in [0.05, 0.1) is 15.8 Å². The van der Waals surface area contributed by atoms with Crippen molar-refractivity contribution in [2.75, 3.05) is 70.9 Å². The summed E-state index contributed by atoms with van der Waals surface area (Å²) in [7, 11) is 0. The van der Waals surface area contributed by atoms with Gasteiger partial charge in [-0.1, -0.05) is 115 Å². The van der Waals surface area contributed by atoms with Gasteiger partial charge in [-0.05, 0) is 166 Å². The highest BCUT2D eigenvalue weighted by Crippen LogP contribution is 2.45. The molecular formula is C67H70ClN7O4. The van der Waals surface area contributed by atoms with Crippen molar-refractivity contribution in [3.8, 4) is 56.4 Å². The predicted molar refractivity (Wildman–Crippen MR) is 322 cm³/mol. The van der Waals surface area contributed by atoms with Gasteiger partial charge in [0, 0.05) is 72.4 Å². The second-order valence-electron chi connectivity index (χ2n) is 20.0. The van der Waals surface area contributed by atoms with E-state index in [9.17, 15) is 0 Å². The van der Waals surface area contributed by atoms with E-state index in [0.717, 1.165) is 112 Å². The van der Waals surface area contributed by atoms with Crippen LogP contribution in [0.3, 0.4) is 0 Å². The Bertz CT molecular complexity index is 3400. The molecule has 404 valence electrons. The van der Waals surface area contributed by atoms with Gasteiger partial charge in [0.25, 0.3) is 0 Å². The fourth-order valence-electron chi connectivity index (χ4n) is 10.4. The van der Waals surface area contributed by atoms with E-state index in [4.69, 9.17) is 35.6 Å². The van der Waals surface area contributed by atoms with Crippen molar-refractivity contribution in [1.29, 1.82) is 0 Å². The monoisotopic (exact) mass is 1070 g/mol. The number of pyridine rings is 3. The van der Waals surface area contributed by atoms with Crippen LogP contribution < -0.4 is 20.5 Å². The van der Waals surface area contributed by atoms with Crippen molar-refractivity contribution in [3.05, 3.63) is 205 Å². The summed E-state index contributed by atoms with van der Waals surface area (Å²) in [6, 6.07) is 55.1. The number of hydrogen-bond donors (Lipinski definition) is 2. The first-order valence-electron chi connectivity index (χ1n) is 28.0. The quantitative estimate of drug-likeness (QED) is 0.0852. The van der Waals surface area contributed by atoms with Crippen LogP contribution in [0.1, 0.15) is 49.7 Å². The van der Waals surface area contributed by atoms with Crippen LogP contribution in [-0.2, 0) is 12.8 Å². The van der Waals surface area contributed by atoms with Crippen molar-refractivity contribution in [2.24, 2.45) is 5.73 Å². The first-order chi connectivity index (χ1) is 39.1. The van der Waals surface area contributed by atoms with Crippen molar-refractivity contribution in [2.45, 2.75) is 51.4 Å². The molecule has 79 heavy (non-hydrogen) atoms. The minimum Gasteiger partial charge on any atom is -0.492 e. The Morgan fingerprint density at radius 3 is 1.47 bits per heavy atom. The average Bonchev–Trinajstić information content (AvgIpc) is 4.35. The molecule has 5 aromatic carbocycles. The third kappa shape index (κ3) is 14.7. The Labute approximate surface area is 469 Å². The van der Waals surface area contributed by atoms with E-state index in [0.29, 0.717) is 29.7 Å². The lowest BCUT2D eigenvalue weighted by atomic mass is 9.98. The number of nitrogens with one attached hydrogen (secondary N) is 1. The molecule has 0 aliphatic carbocycles. The van der Waals surface area contributed by atoms with Crippen LogP contribution in [0.4, 0.5) is 5.69 Å². The highest BCUT2D eigenvalue weighted by atomic mass is 35.5. The smallest absolute Gasteiger partial charge is 0.229 e. The van der Waals surface area contributed by atoms with Gasteiger partial charge in [-0.15, -0.1) is 0 Å². The summed E-state index contributed by atoms with van der Waals surface area (Å²) in [4.78, 5) is 18.1. The van der Waals surface area contributed by atoms with Crippen LogP contribution in [0.5, 0.6) is 11.5 Å². The standard InChI is InChI=1S/C33H34N4O2.C26H25ClN2O2.C8H11N/c1-3-7-26(8-4-1)30-31-29(35-19-15-25-13-17-34-18-14-25)16-20-36-33(31)39-32(30)27-9-11-28(12-10-27)38-24-23-37-21-5-2-6-22-37;27-22-13-14-28-26-24(22)23(19-7-3-1-4-8-19)25(31-26)20-9-11-21(12-10-20)30-18-17-29-15-5-2-6-16-29;9-7-6-8-4-2-1-3-5-8/h1,3-4,7-14,16-18,20H,2,5-6,15,19,21-24H2,(H,35,36);1,3-4,7-14H,2,5-6,15-18H2;1-5H,6-7,9H2. The lowest BCUT2D eigenvalue weighted by molar-refractivity contribution is 0.183. The maximum atomic E-state index is 6.54. The Hall–Kier alpha value is -7.80. The van der Waals surface area contributed by atoms with E-state index < -0.39 is 0 Å². The fourth-order valence-corrected chi connectivity index (χ4v) is 10.6. The first kappa shape index (κ1) is 54.6. The highest BCUT2D eigenvalue weighted by Gasteiger charge is 2.23. The Morgan fingerprint density at radius 1 is 0.481 bits per heavy atom. The largest absolute Gasteiger partial charge is 0.492 e. The number of aromatic nitrogens is 3. The molecule has 0 spiro atoms. The van der Waals surface area contributed by atoms with Crippen LogP contribution in [0.15, 0.2) is 197 Å². The number of likely N-dealkylation sites (tertiary alicyclic amines) is 2. The topological polar surface area (TPSA) is 128 Å². The lowest BCUT2D eigenvalue weighted by Crippen LogP contribution is -2.33. The Balaban J connectivity index is 0.000000157. The number of hydrogen-bond acceptors (Lipinski definition) is 11. The number of nitrogens with two attached hydrogens (primary N) is 1. The van der Waals surface area contributed by atoms with E-state index >= 15 is 0 Å². The predicted octanol–water partition coefficient (Wildman–Crippen LogP) is 14.9. The van der Waals surface area contributed by atoms with Crippen LogP contribution in [0, 0.1) is 0 Å². The maximum absolute atomic E-state index is 6.54. The van der Waals surface area contributed by atoms with E-state index in [1.165, 1.54) is 75.8 Å². The zero-order valence-electron chi connectivity index (χ0n) is 45.0. The number of ether oxygens (including phenoxy) is 2. The van der Waals surface area contributed by atoms with Gasteiger partial charge in [0.1, 0.15) is 36.2 Å². The van der Waals surface area contributed by atoms with Crippen molar-refractivity contribution < 1.29 is 18.3 Å². The maximum Gasteiger partial charge on any atom is 0.229 e. The second-order valence-corrected chi connectivity index (χ2v) is 20.4. The number of nitrogens with zero attached hydrogens (tertiary/aromatic N) is 5. The third-order valence-corrected chi connectivity index (χ3v) is 14.8. The highest BCUT2D eigenvalue weighted by molar-refractivity contribution is 6.36. The zero-order chi connectivity index (χ0) is 53.9. The number of benzene rings is 5. The lowest BCUT2D eigenvalue weighted by Gasteiger charge is -2.26. The van der Waals surface area contributed by atoms with E-state index in [2.05, 4.69) is 103 Å². The molecule has 0 saturated carbocycles. The van der Waals surface area contributed by atoms with Crippen molar-refractivity contribution >= 4 is 39.5 Å². The molecule has 0 bridgehead atoms. The van der Waals surface area contributed by atoms with Gasteiger partial charge in [-0.3, -0.25) is 14.8 Å². The fraction of sp³-hybridized carbons (Fsp3) is 0.269. The van der Waals surface area contributed by atoms with Crippen LogP contribution in [0.2, 0.25) is 5.02 Å². The van der Waals surface area contributed by atoms with E-state index in [1.807, 2.05) is 97.3 Å². The van der Waals surface area contributed by atoms with Gasteiger partial charge >= 0.3 is 0 Å². The summed E-state index contributed by atoms with van der Waals surface area (Å²) in [5, 5.41) is 6.10. The SMILES string of the molecule is Clc1ccnc2oc(-c3ccc(OCCN4CCCCC4)cc3)c(-c3ccccc3)c12.NCCc1ccccc1.c1ccc(-c2c(-c3ccc(OCCN4CCCCC4)cc3)oc3nccc(NCCc4ccncc4)c23)cc1. The molecule has 3 N–H and O–H groups in total. The Kier molecular flexibility index (Phi) is 19.5. The van der Waals surface area contributed by atoms with Crippen LogP contribution in [-0.4, -0.2) is 90.3 Å². The summed E-state index contributed by atoms with van der Waals surface area (Å²) in [6.45, 7) is 9.65. The third-order valence-electron chi connectivity index (χ3n) is 14.5. The molecule has 5 aromatic heterocycles. The molecule has 0 radical (unpaired) electrons. The average molecular weight is 1070 g/mol. The number of fused-ring (bicyclic) bond motifs is 2. The molecule has 12 rings (SSSR count). The molecule has 12 heteroatoms. The van der Waals surface area contributed by atoms with Gasteiger partial charge in [-0.2, -0.15) is 0 Å². The molecule has 0 unspecified atom stereocenters. The normalized spacial score (nSPS) is 13.7. The van der Waals surface area contributed by atoms with Crippen LogP contribution in [0.25, 0.3) is 67.1 Å². The summed E-state index contributed by atoms with van der Waals surface area (Å²) in [5.41, 5.74) is 16.2. The van der Waals surface area contributed by atoms with Gasteiger partial charge in [-0.25, -0.2) is 9.97 Å². The number of rotatable bonds is 18. The molecule has 2 saturated heterocycles. The molecule has 0 amide bonds. The van der Waals surface area contributed by atoms with Gasteiger partial charge in [0.15, 0.2) is 0 Å². The first-order valence-corrected chi connectivity index (χ1v) is 28.3. The minimum absolute atomic E-state index is 0.545. The summed E-state index contributed by atoms with van der Waals surface area (Å²) < 4.78 is 24.7. The summed E-state index contributed by atoms with van der Waals surface area (Å²) in [5.74, 6) is 3.33. The van der Waals surface area contributed by atoms with E-state index in [1.54, 1.807) is 18.5 Å². The van der Waals surface area contributed by atoms with Gasteiger partial charge in [0.2, 0.25) is 11.4 Å². The van der Waals surface area contributed by atoms with Crippen molar-refractivity contribution in [3.63, 3.8) is 0 Å². The molecule has 0 atom stereocenters. The summed E-state index contributed by atoms with van der Waals surface area (Å²) >= 11 is 6.54. The molecule has 2 aliphatic heterocycles. The van der Waals surface area contributed by atoms with Crippen LogP contribution >= 0.6 is 11.6 Å². The minimum atomic E-state index is 0.545. The number of furan rings is 2. The molecule has 2 aliphatic rings. The number of piperidine rings is 2. The molecular weight excluding hydrogens is 1000 g/mol. The molecule has 2 fully saturated rings. The molecule has 11 nitrogen and oxygen atoms in total. The van der Waals surface area contributed by atoms with Gasteiger partial charge < -0.3 is 29.4 Å². The zero-order valence-corrected chi connectivity index (χ0v) is 45.7. The number of anilines is 1. The number of halogens is 1. The van der Waals surface area contributed by atoms with E-state index in [-0.39, 0.29) is 0 Å². The molecule has 7 heterocycles. The summed E-state index contributed by atoms with van der Waals surface area (Å²) in [6.07, 6.45) is 16.9. The second kappa shape index (κ2) is 28.2.